The summed E-state index contributed by atoms with van der Waals surface area (Å²) in [6.07, 6.45) is 0. The molecule has 0 radical (unpaired) electrons. The Labute approximate surface area is 171 Å². The first-order valence-electron chi connectivity index (χ1n) is 7.72. The molecule has 6 nitrogen and oxygen atoms in total. The van der Waals surface area contributed by atoms with Gasteiger partial charge in [-0.05, 0) is 36.4 Å². The predicted octanol–water partition coefficient (Wildman–Crippen LogP) is 4.21. The molecule has 0 bridgehead atoms. The van der Waals surface area contributed by atoms with Crippen LogP contribution >= 0.6 is 34.8 Å². The molecular weight excluding hydrogens is 435 g/mol. The Bertz CT molecular complexity index is 1040. The fourth-order valence-electron chi connectivity index (χ4n) is 2.73. The number of amides is 2. The molecule has 3 rings (SSSR count). The normalized spacial score (nSPS) is 18.6. The summed E-state index contributed by atoms with van der Waals surface area (Å²) in [6, 6.07) is 8.54. The molecule has 1 N–H and O–H groups in total. The number of rotatable bonds is 3. The minimum Gasteiger partial charge on any atom is -0.322 e. The number of carbonyl (C=O) groups is 2. The summed E-state index contributed by atoms with van der Waals surface area (Å²) < 4.78 is 25.1. The van der Waals surface area contributed by atoms with E-state index in [0.717, 1.165) is 4.31 Å². The lowest BCUT2D eigenvalue weighted by atomic mass is 10.1. The Morgan fingerprint density at radius 1 is 1.11 bits per heavy atom. The molecule has 2 aromatic carbocycles. The van der Waals surface area contributed by atoms with Crippen LogP contribution in [0.15, 0.2) is 36.4 Å². The third-order valence-electron chi connectivity index (χ3n) is 3.91. The Balaban J connectivity index is 1.89. The van der Waals surface area contributed by atoms with Crippen molar-refractivity contribution in [2.24, 2.45) is 5.92 Å². The van der Waals surface area contributed by atoms with E-state index in [1.807, 2.05) is 0 Å². The van der Waals surface area contributed by atoms with Crippen LogP contribution in [-0.4, -0.2) is 26.0 Å². The zero-order chi connectivity index (χ0) is 19.9. The standard InChI is InChI=1S/C17H13Cl3N2O4S/c1-9-8-27(25,26)22(17(9)24)13-2-3-14(15(20)7-13)16(23)21-12-5-10(18)4-11(19)6-12/h2-7,9H,8H2,1H3,(H,21,23). The SMILES string of the molecule is CC1CS(=O)(=O)N(c2ccc(C(=O)Nc3cc(Cl)cc(Cl)c3)c(Cl)c2)C1=O. The first kappa shape index (κ1) is 19.9. The first-order valence-corrected chi connectivity index (χ1v) is 10.5. The molecule has 2 amide bonds. The maximum absolute atomic E-state index is 12.5. The van der Waals surface area contributed by atoms with Crippen LogP contribution in [0.25, 0.3) is 0 Å². The van der Waals surface area contributed by atoms with Crippen molar-refractivity contribution in [1.82, 2.24) is 0 Å². The van der Waals surface area contributed by atoms with Gasteiger partial charge in [-0.15, -0.1) is 0 Å². The van der Waals surface area contributed by atoms with Crippen molar-refractivity contribution in [3.63, 3.8) is 0 Å². The van der Waals surface area contributed by atoms with Gasteiger partial charge in [-0.3, -0.25) is 9.59 Å². The van der Waals surface area contributed by atoms with Gasteiger partial charge in [0.15, 0.2) is 0 Å². The van der Waals surface area contributed by atoms with Crippen molar-refractivity contribution in [2.75, 3.05) is 15.4 Å². The van der Waals surface area contributed by atoms with E-state index in [1.54, 1.807) is 6.92 Å². The summed E-state index contributed by atoms with van der Waals surface area (Å²) in [4.78, 5) is 24.6. The lowest BCUT2D eigenvalue weighted by molar-refractivity contribution is -0.119. The summed E-state index contributed by atoms with van der Waals surface area (Å²) in [5, 5.41) is 3.32. The number of anilines is 2. The van der Waals surface area contributed by atoms with Crippen LogP contribution in [0.4, 0.5) is 11.4 Å². The average molecular weight is 448 g/mol. The van der Waals surface area contributed by atoms with Crippen molar-refractivity contribution in [3.05, 3.63) is 57.0 Å². The second-order valence-electron chi connectivity index (χ2n) is 6.06. The Hall–Kier alpha value is -1.80. The van der Waals surface area contributed by atoms with Gasteiger partial charge in [-0.25, -0.2) is 12.7 Å². The molecule has 0 aliphatic carbocycles. The van der Waals surface area contributed by atoms with Crippen LogP contribution in [0.5, 0.6) is 0 Å². The van der Waals surface area contributed by atoms with Gasteiger partial charge in [0.05, 0.1) is 27.9 Å². The molecule has 10 heteroatoms. The minimum atomic E-state index is -3.75. The van der Waals surface area contributed by atoms with Crippen molar-refractivity contribution >= 4 is 68.0 Å². The molecule has 2 aromatic rings. The average Bonchev–Trinajstić information content (AvgIpc) is 2.73. The number of hydrogen-bond acceptors (Lipinski definition) is 4. The van der Waals surface area contributed by atoms with E-state index in [9.17, 15) is 18.0 Å². The number of nitrogens with zero attached hydrogens (tertiary/aromatic N) is 1. The number of halogens is 3. The highest BCUT2D eigenvalue weighted by atomic mass is 35.5. The van der Waals surface area contributed by atoms with Gasteiger partial charge >= 0.3 is 0 Å². The third kappa shape index (κ3) is 4.06. The Kier molecular flexibility index (Phi) is 5.40. The predicted molar refractivity (Wildman–Crippen MR) is 106 cm³/mol. The van der Waals surface area contributed by atoms with Crippen LogP contribution in [0.2, 0.25) is 15.1 Å². The second kappa shape index (κ2) is 7.31. The van der Waals surface area contributed by atoms with Gasteiger partial charge in [0.1, 0.15) is 0 Å². The second-order valence-corrected chi connectivity index (χ2v) is 9.20. The van der Waals surface area contributed by atoms with E-state index in [2.05, 4.69) is 5.32 Å². The lowest BCUT2D eigenvalue weighted by Crippen LogP contribution is -2.30. The van der Waals surface area contributed by atoms with Crippen LogP contribution in [0, 0.1) is 5.92 Å². The molecule has 1 unspecified atom stereocenters. The molecule has 1 aliphatic rings. The largest absolute Gasteiger partial charge is 0.322 e. The lowest BCUT2D eigenvalue weighted by Gasteiger charge is -2.16. The summed E-state index contributed by atoms with van der Waals surface area (Å²) in [6.45, 7) is 1.54. The first-order chi connectivity index (χ1) is 12.6. The molecule has 0 saturated carbocycles. The molecule has 1 aliphatic heterocycles. The van der Waals surface area contributed by atoms with E-state index in [4.69, 9.17) is 34.8 Å². The molecule has 27 heavy (non-hydrogen) atoms. The molecule has 1 atom stereocenters. The summed E-state index contributed by atoms with van der Waals surface area (Å²) in [5.41, 5.74) is 0.578. The van der Waals surface area contributed by atoms with E-state index in [-0.39, 0.29) is 22.0 Å². The Morgan fingerprint density at radius 3 is 2.26 bits per heavy atom. The van der Waals surface area contributed by atoms with Gasteiger partial charge < -0.3 is 5.32 Å². The number of sulfonamides is 1. The molecule has 0 aromatic heterocycles. The van der Waals surface area contributed by atoms with Crippen LogP contribution in [0.1, 0.15) is 17.3 Å². The zero-order valence-electron chi connectivity index (χ0n) is 13.9. The molecule has 1 heterocycles. The number of benzene rings is 2. The van der Waals surface area contributed by atoms with Gasteiger partial charge in [-0.1, -0.05) is 41.7 Å². The van der Waals surface area contributed by atoms with Gasteiger partial charge in [0, 0.05) is 15.7 Å². The number of hydrogen-bond donors (Lipinski definition) is 1. The fourth-order valence-corrected chi connectivity index (χ4v) is 5.32. The number of carbonyl (C=O) groups excluding carboxylic acids is 2. The highest BCUT2D eigenvalue weighted by molar-refractivity contribution is 7.94. The molecule has 142 valence electrons. The smallest absolute Gasteiger partial charge is 0.257 e. The highest BCUT2D eigenvalue weighted by Gasteiger charge is 2.42. The molecule has 1 saturated heterocycles. The van der Waals surface area contributed by atoms with Gasteiger partial charge in [0.2, 0.25) is 15.9 Å². The zero-order valence-corrected chi connectivity index (χ0v) is 17.0. The summed E-state index contributed by atoms with van der Waals surface area (Å²) >= 11 is 18.0. The van der Waals surface area contributed by atoms with Crippen LogP contribution in [0.3, 0.4) is 0 Å². The Morgan fingerprint density at radius 2 is 1.74 bits per heavy atom. The monoisotopic (exact) mass is 446 g/mol. The molecule has 1 fully saturated rings. The maximum Gasteiger partial charge on any atom is 0.257 e. The van der Waals surface area contributed by atoms with Gasteiger partial charge in [0.25, 0.3) is 5.91 Å². The molecule has 0 spiro atoms. The van der Waals surface area contributed by atoms with Crippen LogP contribution < -0.4 is 9.62 Å². The van der Waals surface area contributed by atoms with Crippen molar-refractivity contribution in [2.45, 2.75) is 6.92 Å². The quantitative estimate of drug-likeness (QED) is 0.764. The third-order valence-corrected chi connectivity index (χ3v) is 6.53. The maximum atomic E-state index is 12.5. The highest BCUT2D eigenvalue weighted by Crippen LogP contribution is 2.32. The fraction of sp³-hybridized carbons (Fsp3) is 0.176. The van der Waals surface area contributed by atoms with Crippen LogP contribution in [-0.2, 0) is 14.8 Å². The number of nitrogens with one attached hydrogen (secondary N) is 1. The minimum absolute atomic E-state index is 0.000628. The van der Waals surface area contributed by atoms with Crippen molar-refractivity contribution < 1.29 is 18.0 Å². The van der Waals surface area contributed by atoms with E-state index >= 15 is 0 Å². The topological polar surface area (TPSA) is 83.6 Å². The van der Waals surface area contributed by atoms with Crippen molar-refractivity contribution in [3.8, 4) is 0 Å². The van der Waals surface area contributed by atoms with E-state index < -0.39 is 27.8 Å². The van der Waals surface area contributed by atoms with E-state index in [1.165, 1.54) is 36.4 Å². The van der Waals surface area contributed by atoms with Gasteiger partial charge in [-0.2, -0.15) is 0 Å². The summed E-state index contributed by atoms with van der Waals surface area (Å²) in [5.74, 6) is -1.96. The van der Waals surface area contributed by atoms with E-state index in [0.29, 0.717) is 15.7 Å². The van der Waals surface area contributed by atoms with Crippen molar-refractivity contribution in [1.29, 1.82) is 0 Å². The molecular formula is C17H13Cl3N2O4S. The summed E-state index contributed by atoms with van der Waals surface area (Å²) in [7, 11) is -3.75.